The quantitative estimate of drug-likeness (QED) is 0.0338. The van der Waals surface area contributed by atoms with Gasteiger partial charge in [0.15, 0.2) is 11.2 Å². The molecule has 0 bridgehead atoms. The molecule has 5 amide bonds. The molecule has 29 nitrogen and oxygen atoms in total. The van der Waals surface area contributed by atoms with Gasteiger partial charge in [-0.3, -0.25) is 57.7 Å². The lowest BCUT2D eigenvalue weighted by molar-refractivity contribution is -0.144. The van der Waals surface area contributed by atoms with Crippen LogP contribution in [-0.4, -0.2) is 146 Å². The number of hydrogen-bond acceptors (Lipinski definition) is 17. The molecule has 1 aromatic carbocycles. The molecule has 3 rings (SSSR count). The van der Waals surface area contributed by atoms with Gasteiger partial charge in [0.1, 0.15) is 30.2 Å². The maximum absolute atomic E-state index is 13.7. The minimum atomic E-state index is -1.90. The lowest BCUT2D eigenvalue weighted by Gasteiger charge is -2.26. The van der Waals surface area contributed by atoms with Crippen LogP contribution in [0.2, 0.25) is 0 Å². The lowest BCUT2D eigenvalue weighted by Crippen LogP contribution is -2.59. The third-order valence-corrected chi connectivity index (χ3v) is 9.48. The number of rotatable bonds is 29. The third-order valence-electron chi connectivity index (χ3n) is 9.48. The van der Waals surface area contributed by atoms with E-state index in [2.05, 4.69) is 46.5 Å². The Kier molecular flexibility index (Phi) is 20.2. The van der Waals surface area contributed by atoms with E-state index in [4.69, 9.17) is 10.8 Å². The van der Waals surface area contributed by atoms with Gasteiger partial charge in [0, 0.05) is 43.4 Å². The highest BCUT2D eigenvalue weighted by Gasteiger charge is 2.33. The van der Waals surface area contributed by atoms with Gasteiger partial charge in [-0.25, -0.2) is 14.8 Å². The number of carboxylic acids is 6. The number of anilines is 2. The summed E-state index contributed by atoms with van der Waals surface area (Å²) in [6.07, 6.45) is -5.69. The number of nitrogen functional groups attached to an aromatic ring is 1. The molecule has 0 spiro atoms. The van der Waals surface area contributed by atoms with Crippen LogP contribution in [0, 0.1) is 0 Å². The normalized spacial score (nSPS) is 13.0. The van der Waals surface area contributed by atoms with Crippen LogP contribution in [0.25, 0.3) is 11.2 Å². The zero-order valence-electron chi connectivity index (χ0n) is 35.6. The number of aromatic nitrogens is 4. The maximum Gasteiger partial charge on any atom is 0.326 e. The van der Waals surface area contributed by atoms with Gasteiger partial charge in [0.05, 0.1) is 18.4 Å². The van der Waals surface area contributed by atoms with Gasteiger partial charge < -0.3 is 68.3 Å². The molecule has 0 aliphatic carbocycles. The van der Waals surface area contributed by atoms with Gasteiger partial charge in [-0.1, -0.05) is 0 Å². The summed E-state index contributed by atoms with van der Waals surface area (Å²) in [7, 11) is 0. The number of nitrogens with one attached hydrogen (secondary N) is 7. The summed E-state index contributed by atoms with van der Waals surface area (Å²) in [6, 6.07) is -3.50. The summed E-state index contributed by atoms with van der Waals surface area (Å²) in [5, 5.41) is 69.6. The van der Waals surface area contributed by atoms with Crippen molar-refractivity contribution in [2.24, 2.45) is 0 Å². The number of carbonyl (C=O) groups excluding carboxylic acids is 5. The van der Waals surface area contributed by atoms with Crippen LogP contribution in [0.3, 0.4) is 0 Å². The summed E-state index contributed by atoms with van der Waals surface area (Å²) in [4.78, 5) is 163. The number of hydrogen-bond donors (Lipinski definition) is 14. The molecule has 366 valence electrons. The molecule has 0 aliphatic heterocycles. The SMILES string of the molecule is Nc1nc2ncc(CNc3ccc(C(=O)N[C@@H](CCC(=O)O)C(=O)N[C@@H](CCC(=O)O)C(=O)N[C@@H](CCC(=O)O)C(=O)N[C@@H](CCC(=O)O)C(=O)N[C@@H](CCC(=O)O)C(=O)O)cc3)nc2c(=O)[nH]1. The number of H-pyrrole nitrogens is 1. The zero-order chi connectivity index (χ0) is 50.7. The van der Waals surface area contributed by atoms with Gasteiger partial charge in [0.2, 0.25) is 29.6 Å². The highest BCUT2D eigenvalue weighted by atomic mass is 16.4. The van der Waals surface area contributed by atoms with Crippen molar-refractivity contribution in [2.45, 2.75) is 101 Å². The summed E-state index contributed by atoms with van der Waals surface area (Å²) >= 11 is 0. The number of nitrogens with zero attached hydrogens (tertiary/aromatic N) is 3. The lowest BCUT2D eigenvalue weighted by atomic mass is 10.0. The monoisotopic (exact) mass is 957 g/mol. The molecule has 68 heavy (non-hydrogen) atoms. The number of amides is 5. The highest BCUT2D eigenvalue weighted by Crippen LogP contribution is 2.14. The van der Waals surface area contributed by atoms with E-state index < -0.39 is 165 Å². The van der Waals surface area contributed by atoms with Gasteiger partial charge in [0.25, 0.3) is 11.5 Å². The molecule has 2 aromatic heterocycles. The molecule has 0 unspecified atom stereocenters. The number of carboxylic acid groups (broad SMARTS) is 6. The van der Waals surface area contributed by atoms with Crippen LogP contribution in [0.4, 0.5) is 11.6 Å². The van der Waals surface area contributed by atoms with Crippen molar-refractivity contribution in [1.29, 1.82) is 0 Å². The van der Waals surface area contributed by atoms with E-state index in [9.17, 15) is 83.1 Å². The van der Waals surface area contributed by atoms with E-state index in [1.165, 1.54) is 30.5 Å². The fourth-order valence-electron chi connectivity index (χ4n) is 5.99. The zero-order valence-corrected chi connectivity index (χ0v) is 35.6. The van der Waals surface area contributed by atoms with Crippen molar-refractivity contribution in [3.63, 3.8) is 0 Å². The van der Waals surface area contributed by atoms with Crippen molar-refractivity contribution in [3.05, 3.63) is 52.1 Å². The molecule has 0 radical (unpaired) electrons. The van der Waals surface area contributed by atoms with Crippen molar-refractivity contribution in [3.8, 4) is 0 Å². The Morgan fingerprint density at radius 3 is 1.32 bits per heavy atom. The first-order chi connectivity index (χ1) is 32.0. The Hall–Kier alpha value is -8.79. The van der Waals surface area contributed by atoms with Crippen molar-refractivity contribution in [1.82, 2.24) is 46.5 Å². The minimum absolute atomic E-state index is 0.0295. The average Bonchev–Trinajstić information content (AvgIpc) is 3.26. The Bertz CT molecular complexity index is 2460. The maximum atomic E-state index is 13.7. The van der Waals surface area contributed by atoms with E-state index in [0.29, 0.717) is 11.4 Å². The van der Waals surface area contributed by atoms with E-state index >= 15 is 0 Å². The highest BCUT2D eigenvalue weighted by molar-refractivity contribution is 5.99. The summed E-state index contributed by atoms with van der Waals surface area (Å²) in [5.74, 6) is -15.0. The number of aliphatic carboxylic acids is 6. The summed E-state index contributed by atoms with van der Waals surface area (Å²) < 4.78 is 0. The predicted molar refractivity (Wildman–Crippen MR) is 227 cm³/mol. The second-order valence-corrected chi connectivity index (χ2v) is 14.7. The third kappa shape index (κ3) is 18.0. The van der Waals surface area contributed by atoms with Crippen LogP contribution >= 0.6 is 0 Å². The smallest absolute Gasteiger partial charge is 0.326 e. The molecule has 0 saturated heterocycles. The van der Waals surface area contributed by atoms with Crippen LogP contribution in [0.1, 0.15) is 80.3 Å². The van der Waals surface area contributed by atoms with E-state index in [1.807, 2.05) is 5.32 Å². The first-order valence-corrected chi connectivity index (χ1v) is 20.2. The van der Waals surface area contributed by atoms with Gasteiger partial charge in [-0.05, 0) is 56.4 Å². The van der Waals surface area contributed by atoms with Gasteiger partial charge >= 0.3 is 35.8 Å². The fraction of sp³-hybridized carbons (Fsp3) is 0.410. The van der Waals surface area contributed by atoms with Gasteiger partial charge in [-0.2, -0.15) is 4.98 Å². The molecule has 0 aliphatic rings. The predicted octanol–water partition coefficient (Wildman–Crippen LogP) is -2.65. The summed E-state index contributed by atoms with van der Waals surface area (Å²) in [6.45, 7) is 0.0638. The van der Waals surface area contributed by atoms with Crippen molar-refractivity contribution >= 4 is 88.2 Å². The van der Waals surface area contributed by atoms with Gasteiger partial charge in [-0.15, -0.1) is 0 Å². The molecular weight excluding hydrogens is 910 g/mol. The number of fused-ring (bicyclic) bond motifs is 1. The summed E-state index contributed by atoms with van der Waals surface area (Å²) in [5.41, 5.74) is 5.65. The standard InChI is InChI=1S/C39H47N11O18/c40-39-49-31-30(37(66)50-39)43-19(16-42-31)15-41-18-3-1-17(2-4-18)32(61)44-20(5-10-25(51)52)33(62)45-21(6-11-26(53)54)34(63)46-22(7-12-27(55)56)35(64)47-23(8-13-28(57)58)36(65)48-24(38(67)68)9-14-29(59)60/h1-4,16,20-24,41H,5-15H2,(H,44,61)(H,45,62)(H,46,63)(H,47,64)(H,48,65)(H,51,52)(H,53,54)(H,55,56)(H,57,58)(H,59,60)(H,67,68)(H3,40,42,49,50,66)/t20-,21-,22-,23-,24-/m0/s1. The molecule has 0 fully saturated rings. The van der Waals surface area contributed by atoms with Crippen molar-refractivity contribution in [2.75, 3.05) is 11.1 Å². The van der Waals surface area contributed by atoms with Crippen LogP contribution in [-0.2, 0) is 54.5 Å². The fourth-order valence-corrected chi connectivity index (χ4v) is 5.99. The van der Waals surface area contributed by atoms with Crippen LogP contribution in [0.5, 0.6) is 0 Å². The Labute approximate surface area is 381 Å². The number of carbonyl (C=O) groups is 11. The largest absolute Gasteiger partial charge is 0.481 e. The molecule has 15 N–H and O–H groups in total. The average molecular weight is 958 g/mol. The molecule has 2 heterocycles. The van der Waals surface area contributed by atoms with E-state index in [0.717, 1.165) is 0 Å². The molecular formula is C39H47N11O18. The second kappa shape index (κ2) is 25.6. The minimum Gasteiger partial charge on any atom is -0.481 e. The van der Waals surface area contributed by atoms with E-state index in [1.54, 1.807) is 0 Å². The van der Waals surface area contributed by atoms with Crippen LogP contribution in [0.15, 0.2) is 35.3 Å². The molecule has 3 aromatic rings. The van der Waals surface area contributed by atoms with E-state index in [-0.39, 0.29) is 29.2 Å². The Morgan fingerprint density at radius 1 is 0.544 bits per heavy atom. The Morgan fingerprint density at radius 2 is 0.926 bits per heavy atom. The molecule has 29 heteroatoms. The Balaban J connectivity index is 1.80. The second-order valence-electron chi connectivity index (χ2n) is 14.7. The number of benzene rings is 1. The number of nitrogens with two attached hydrogens (primary N) is 1. The van der Waals surface area contributed by atoms with Crippen molar-refractivity contribution < 1.29 is 83.4 Å². The first kappa shape index (κ1) is 53.5. The first-order valence-electron chi connectivity index (χ1n) is 20.2. The van der Waals surface area contributed by atoms with Crippen LogP contribution < -0.4 is 43.2 Å². The number of aromatic amines is 1. The molecule has 0 saturated carbocycles. The topological polar surface area (TPSA) is 479 Å². The molecule has 5 atom stereocenters.